The van der Waals surface area contributed by atoms with E-state index in [0.29, 0.717) is 41.1 Å². The third-order valence-electron chi connectivity index (χ3n) is 7.02. The number of aromatic nitrogens is 5. The van der Waals surface area contributed by atoms with E-state index in [1.807, 2.05) is 42.5 Å². The molecule has 0 atom stereocenters. The van der Waals surface area contributed by atoms with Crippen LogP contribution < -0.4 is 15.8 Å². The Kier molecular flexibility index (Phi) is 5.01. The van der Waals surface area contributed by atoms with Gasteiger partial charge in [-0.2, -0.15) is 5.10 Å². The Bertz CT molecular complexity index is 1420. The van der Waals surface area contributed by atoms with Crippen LogP contribution in [0.1, 0.15) is 25.7 Å². The Balaban J connectivity index is 1.24. The molecule has 1 saturated heterocycles. The lowest BCUT2D eigenvalue weighted by atomic mass is 9.59. The van der Waals surface area contributed by atoms with Gasteiger partial charge in [0.25, 0.3) is 5.56 Å². The molecule has 1 aromatic carbocycles. The third kappa shape index (κ3) is 4.11. The van der Waals surface area contributed by atoms with Crippen molar-refractivity contribution in [3.8, 4) is 11.4 Å². The fourth-order valence-electron chi connectivity index (χ4n) is 5.31. The first-order valence-corrected chi connectivity index (χ1v) is 11.6. The van der Waals surface area contributed by atoms with E-state index in [0.717, 1.165) is 37.3 Å². The number of nitrogens with zero attached hydrogens (tertiary/aromatic N) is 5. The third-order valence-corrected chi connectivity index (χ3v) is 7.02. The van der Waals surface area contributed by atoms with Crippen molar-refractivity contribution in [1.29, 1.82) is 0 Å². The number of hydrogen-bond donors (Lipinski definition) is 4. The van der Waals surface area contributed by atoms with Gasteiger partial charge in [0.2, 0.25) is 0 Å². The van der Waals surface area contributed by atoms with Crippen LogP contribution in [0.5, 0.6) is 0 Å². The maximum Gasteiger partial charge on any atom is 0.277 e. The Morgan fingerprint density at radius 1 is 0.971 bits per heavy atom. The van der Waals surface area contributed by atoms with Gasteiger partial charge in [0.1, 0.15) is 22.5 Å². The molecule has 4 N–H and O–H groups in total. The van der Waals surface area contributed by atoms with Gasteiger partial charge in [-0.15, -0.1) is 0 Å². The number of benzene rings is 1. The molecule has 0 unspecified atom stereocenters. The molecular formula is C25H25N7O3. The summed E-state index contributed by atoms with van der Waals surface area (Å²) in [6.45, 7) is 1.66. The number of hydrogen-bond acceptors (Lipinski definition) is 9. The molecule has 6 rings (SSSR count). The van der Waals surface area contributed by atoms with E-state index in [1.165, 1.54) is 6.20 Å². The second-order valence-corrected chi connectivity index (χ2v) is 9.57. The normalized spacial score (nSPS) is 18.4. The predicted octanol–water partition coefficient (Wildman–Crippen LogP) is 2.58. The van der Waals surface area contributed by atoms with Crippen molar-refractivity contribution in [3.05, 3.63) is 65.2 Å². The monoisotopic (exact) mass is 471 g/mol. The summed E-state index contributed by atoms with van der Waals surface area (Å²) in [6.07, 6.45) is 5.99. The maximum atomic E-state index is 12.5. The van der Waals surface area contributed by atoms with Crippen molar-refractivity contribution in [2.75, 3.05) is 23.3 Å². The number of aliphatic hydroxyl groups is 2. The standard InChI is InChI=1S/C25H25N7O3/c33-23-20-18(13-27-31-23)29-21(16-4-2-1-3-5-16)30-22(20)28-17-6-7-19(26-12-17)32-10-8-24(9-11-32)14-25(34,35)15-24/h1-7,12-13,34-35H,8-11,14-15H2,(H,31,33)(H,28,29,30). The van der Waals surface area contributed by atoms with Crippen molar-refractivity contribution in [2.24, 2.45) is 5.41 Å². The van der Waals surface area contributed by atoms with Gasteiger partial charge >= 0.3 is 0 Å². The van der Waals surface area contributed by atoms with E-state index >= 15 is 0 Å². The minimum Gasteiger partial charge on any atom is -0.366 e. The highest BCUT2D eigenvalue weighted by atomic mass is 16.5. The molecular weight excluding hydrogens is 446 g/mol. The first-order valence-electron chi connectivity index (χ1n) is 11.6. The highest BCUT2D eigenvalue weighted by molar-refractivity contribution is 5.90. The van der Waals surface area contributed by atoms with Crippen LogP contribution in [0, 0.1) is 5.41 Å². The molecule has 10 nitrogen and oxygen atoms in total. The molecule has 4 aromatic rings. The SMILES string of the molecule is O=c1[nH]ncc2nc(-c3ccccc3)nc(Nc3ccc(N4CCC5(CC4)CC(O)(O)C5)nc3)c12. The van der Waals surface area contributed by atoms with E-state index < -0.39 is 5.79 Å². The Morgan fingerprint density at radius 2 is 1.74 bits per heavy atom. The van der Waals surface area contributed by atoms with Crippen molar-refractivity contribution < 1.29 is 10.2 Å². The van der Waals surface area contributed by atoms with Gasteiger partial charge in [0.05, 0.1) is 18.1 Å². The zero-order valence-corrected chi connectivity index (χ0v) is 19.0. The molecule has 2 fully saturated rings. The van der Waals surface area contributed by atoms with Crippen molar-refractivity contribution in [3.63, 3.8) is 0 Å². The topological polar surface area (TPSA) is 140 Å². The van der Waals surface area contributed by atoms with Crippen LogP contribution in [-0.2, 0) is 0 Å². The van der Waals surface area contributed by atoms with Crippen molar-refractivity contribution >= 4 is 28.2 Å². The van der Waals surface area contributed by atoms with Gasteiger partial charge in [-0.05, 0) is 30.4 Å². The molecule has 1 saturated carbocycles. The van der Waals surface area contributed by atoms with E-state index in [2.05, 4.69) is 35.4 Å². The lowest BCUT2D eigenvalue weighted by Crippen LogP contribution is -2.56. The quantitative estimate of drug-likeness (QED) is 0.331. The van der Waals surface area contributed by atoms with Crippen molar-refractivity contribution in [2.45, 2.75) is 31.5 Å². The first kappa shape index (κ1) is 21.6. The highest BCUT2D eigenvalue weighted by Crippen LogP contribution is 2.53. The molecule has 3 aromatic heterocycles. The number of piperidine rings is 1. The minimum atomic E-state index is -1.49. The molecule has 0 amide bonds. The van der Waals surface area contributed by atoms with E-state index in [4.69, 9.17) is 0 Å². The molecule has 0 bridgehead atoms. The largest absolute Gasteiger partial charge is 0.366 e. The van der Waals surface area contributed by atoms with Crippen LogP contribution in [0.3, 0.4) is 0 Å². The summed E-state index contributed by atoms with van der Waals surface area (Å²) in [5.41, 5.74) is 1.65. The van der Waals surface area contributed by atoms with Crippen molar-refractivity contribution in [1.82, 2.24) is 25.1 Å². The summed E-state index contributed by atoms with van der Waals surface area (Å²) in [4.78, 5) is 28.5. The minimum absolute atomic E-state index is 0.0495. The zero-order chi connectivity index (χ0) is 24.0. The summed E-state index contributed by atoms with van der Waals surface area (Å²) in [6, 6.07) is 13.4. The van der Waals surface area contributed by atoms with Crippen LogP contribution in [0.2, 0.25) is 0 Å². The molecule has 0 radical (unpaired) electrons. The maximum absolute atomic E-state index is 12.5. The van der Waals surface area contributed by atoms with Crippen LogP contribution in [-0.4, -0.2) is 54.2 Å². The van der Waals surface area contributed by atoms with Crippen LogP contribution in [0.25, 0.3) is 22.3 Å². The molecule has 1 aliphatic carbocycles. The summed E-state index contributed by atoms with van der Waals surface area (Å²) in [5, 5.41) is 29.3. The average Bonchev–Trinajstić information content (AvgIpc) is 2.84. The molecule has 178 valence electrons. The second kappa shape index (κ2) is 8.10. The summed E-state index contributed by atoms with van der Waals surface area (Å²) >= 11 is 0. The molecule has 1 aliphatic heterocycles. The molecule has 4 heterocycles. The Hall–Kier alpha value is -3.89. The van der Waals surface area contributed by atoms with Gasteiger partial charge in [-0.1, -0.05) is 30.3 Å². The van der Waals surface area contributed by atoms with Crippen LogP contribution in [0.4, 0.5) is 17.3 Å². The second-order valence-electron chi connectivity index (χ2n) is 9.57. The smallest absolute Gasteiger partial charge is 0.277 e. The Morgan fingerprint density at radius 3 is 2.43 bits per heavy atom. The number of nitrogens with one attached hydrogen (secondary N) is 2. The number of aromatic amines is 1. The van der Waals surface area contributed by atoms with E-state index in [9.17, 15) is 15.0 Å². The lowest BCUT2D eigenvalue weighted by molar-refractivity contribution is -0.271. The highest BCUT2D eigenvalue weighted by Gasteiger charge is 2.53. The summed E-state index contributed by atoms with van der Waals surface area (Å²) in [5.74, 6) is 0.249. The lowest BCUT2D eigenvalue weighted by Gasteiger charge is -2.54. The Labute approximate surface area is 200 Å². The van der Waals surface area contributed by atoms with Gasteiger partial charge in [0, 0.05) is 31.5 Å². The number of rotatable bonds is 4. The number of H-pyrrole nitrogens is 1. The average molecular weight is 472 g/mol. The molecule has 35 heavy (non-hydrogen) atoms. The van der Waals surface area contributed by atoms with Gasteiger partial charge in [0.15, 0.2) is 11.6 Å². The number of pyridine rings is 1. The van der Waals surface area contributed by atoms with Gasteiger partial charge in [-0.25, -0.2) is 20.1 Å². The number of anilines is 3. The fourth-order valence-corrected chi connectivity index (χ4v) is 5.31. The van der Waals surface area contributed by atoms with Crippen LogP contribution >= 0.6 is 0 Å². The fraction of sp³-hybridized carbons (Fsp3) is 0.320. The van der Waals surface area contributed by atoms with E-state index in [-0.39, 0.29) is 11.0 Å². The predicted molar refractivity (Wildman–Crippen MR) is 131 cm³/mol. The first-order chi connectivity index (χ1) is 16.9. The molecule has 2 aliphatic rings. The van der Waals surface area contributed by atoms with E-state index in [1.54, 1.807) is 6.20 Å². The van der Waals surface area contributed by atoms with Crippen LogP contribution in [0.15, 0.2) is 59.7 Å². The zero-order valence-electron chi connectivity index (χ0n) is 19.0. The van der Waals surface area contributed by atoms with Gasteiger partial charge < -0.3 is 20.4 Å². The summed E-state index contributed by atoms with van der Waals surface area (Å²) < 4.78 is 0. The van der Waals surface area contributed by atoms with Gasteiger partial charge in [-0.3, -0.25) is 4.79 Å². The number of fused-ring (bicyclic) bond motifs is 1. The molecule has 1 spiro atoms. The molecule has 10 heteroatoms. The summed E-state index contributed by atoms with van der Waals surface area (Å²) in [7, 11) is 0.